The fourth-order valence-electron chi connectivity index (χ4n) is 2.47. The molecular weight excluding hydrogens is 276 g/mol. The summed E-state index contributed by atoms with van der Waals surface area (Å²) < 4.78 is 0. The van der Waals surface area contributed by atoms with Crippen molar-refractivity contribution in [3.63, 3.8) is 0 Å². The highest BCUT2D eigenvalue weighted by Gasteiger charge is 2.11. The van der Waals surface area contributed by atoms with Crippen molar-refractivity contribution in [2.45, 2.75) is 13.5 Å². The molecule has 0 spiro atoms. The van der Waals surface area contributed by atoms with Gasteiger partial charge in [0.25, 0.3) is 0 Å². The Morgan fingerprint density at radius 1 is 1.18 bits per heavy atom. The number of aryl methyl sites for hydroxylation is 1. The van der Waals surface area contributed by atoms with Crippen LogP contribution in [0.15, 0.2) is 24.7 Å². The van der Waals surface area contributed by atoms with Gasteiger partial charge in [0.1, 0.15) is 11.9 Å². The van der Waals surface area contributed by atoms with Gasteiger partial charge in [-0.25, -0.2) is 9.97 Å². The fraction of sp³-hybridized carbons (Fsp3) is 0.375. The summed E-state index contributed by atoms with van der Waals surface area (Å²) in [7, 11) is 0. The molecule has 0 amide bonds. The summed E-state index contributed by atoms with van der Waals surface area (Å²) in [5.41, 5.74) is 3.18. The molecular formula is C16H18N6. The van der Waals surface area contributed by atoms with Crippen LogP contribution < -0.4 is 5.32 Å². The van der Waals surface area contributed by atoms with Crippen LogP contribution in [0.3, 0.4) is 0 Å². The second-order valence-corrected chi connectivity index (χ2v) is 5.41. The van der Waals surface area contributed by atoms with Gasteiger partial charge in [-0.2, -0.15) is 5.26 Å². The Balaban J connectivity index is 1.73. The first kappa shape index (κ1) is 14.6. The Kier molecular flexibility index (Phi) is 4.37. The summed E-state index contributed by atoms with van der Waals surface area (Å²) in [5, 5.41) is 12.3. The molecule has 0 bridgehead atoms. The number of hydrogen-bond donors (Lipinski definition) is 1. The Labute approximate surface area is 129 Å². The van der Waals surface area contributed by atoms with E-state index < -0.39 is 0 Å². The number of nitriles is 1. The van der Waals surface area contributed by atoms with Gasteiger partial charge in [0.2, 0.25) is 0 Å². The maximum atomic E-state index is 8.95. The lowest BCUT2D eigenvalue weighted by Gasteiger charge is -2.26. The van der Waals surface area contributed by atoms with E-state index >= 15 is 0 Å². The molecule has 2 aromatic heterocycles. The Morgan fingerprint density at radius 3 is 2.55 bits per heavy atom. The molecule has 2 aromatic rings. The lowest BCUT2D eigenvalue weighted by Crippen LogP contribution is -2.43. The van der Waals surface area contributed by atoms with Crippen LogP contribution >= 0.6 is 0 Å². The first-order valence-corrected chi connectivity index (χ1v) is 7.37. The molecule has 0 unspecified atom stereocenters. The molecule has 6 heteroatoms. The van der Waals surface area contributed by atoms with Gasteiger partial charge in [-0.05, 0) is 18.6 Å². The van der Waals surface area contributed by atoms with E-state index in [9.17, 15) is 0 Å². The van der Waals surface area contributed by atoms with E-state index in [1.165, 1.54) is 0 Å². The minimum Gasteiger partial charge on any atom is -0.314 e. The second-order valence-electron chi connectivity index (χ2n) is 5.41. The molecule has 0 aromatic carbocycles. The van der Waals surface area contributed by atoms with Crippen molar-refractivity contribution in [1.82, 2.24) is 25.2 Å². The van der Waals surface area contributed by atoms with Crippen LogP contribution in [0.2, 0.25) is 0 Å². The number of hydrogen-bond acceptors (Lipinski definition) is 6. The topological polar surface area (TPSA) is 77.7 Å². The predicted octanol–water partition coefficient (Wildman–Crippen LogP) is 1.12. The SMILES string of the molecule is Cc1cc(-c2cnc(CN3CCNCC3)nc2)ncc1C#N. The Morgan fingerprint density at radius 2 is 1.91 bits per heavy atom. The summed E-state index contributed by atoms with van der Waals surface area (Å²) in [6, 6.07) is 4.02. The first-order valence-electron chi connectivity index (χ1n) is 7.37. The van der Waals surface area contributed by atoms with Gasteiger partial charge < -0.3 is 5.32 Å². The predicted molar refractivity (Wildman–Crippen MR) is 82.9 cm³/mol. The zero-order valence-electron chi connectivity index (χ0n) is 12.6. The zero-order chi connectivity index (χ0) is 15.4. The number of nitrogens with one attached hydrogen (secondary N) is 1. The molecule has 112 valence electrons. The quantitative estimate of drug-likeness (QED) is 0.914. The van der Waals surface area contributed by atoms with Crippen LogP contribution in [0, 0.1) is 18.3 Å². The third-order valence-electron chi connectivity index (χ3n) is 3.81. The molecule has 0 aliphatic carbocycles. The van der Waals surface area contributed by atoms with Crippen molar-refractivity contribution in [3.8, 4) is 17.3 Å². The number of rotatable bonds is 3. The second kappa shape index (κ2) is 6.60. The van der Waals surface area contributed by atoms with E-state index in [1.807, 2.05) is 13.0 Å². The Hall–Kier alpha value is -2.36. The van der Waals surface area contributed by atoms with Crippen molar-refractivity contribution in [2.24, 2.45) is 0 Å². The van der Waals surface area contributed by atoms with E-state index in [-0.39, 0.29) is 0 Å². The van der Waals surface area contributed by atoms with Gasteiger partial charge in [0.05, 0.1) is 17.8 Å². The third kappa shape index (κ3) is 3.27. The Bertz CT molecular complexity index is 683. The van der Waals surface area contributed by atoms with Crippen molar-refractivity contribution in [2.75, 3.05) is 26.2 Å². The minimum absolute atomic E-state index is 0.597. The summed E-state index contributed by atoms with van der Waals surface area (Å²) >= 11 is 0. The highest BCUT2D eigenvalue weighted by atomic mass is 15.2. The molecule has 3 heterocycles. The van der Waals surface area contributed by atoms with Gasteiger partial charge in [0.15, 0.2) is 0 Å². The van der Waals surface area contributed by atoms with Crippen LogP contribution in [-0.4, -0.2) is 46.0 Å². The van der Waals surface area contributed by atoms with Crippen LogP contribution in [-0.2, 0) is 6.54 Å². The van der Waals surface area contributed by atoms with Crippen molar-refractivity contribution in [1.29, 1.82) is 5.26 Å². The molecule has 1 saturated heterocycles. The van der Waals surface area contributed by atoms with Gasteiger partial charge in [-0.1, -0.05) is 0 Å². The van der Waals surface area contributed by atoms with Gasteiger partial charge in [-0.3, -0.25) is 9.88 Å². The molecule has 1 aliphatic heterocycles. The van der Waals surface area contributed by atoms with Gasteiger partial charge in [-0.15, -0.1) is 0 Å². The molecule has 0 saturated carbocycles. The lowest BCUT2D eigenvalue weighted by molar-refractivity contribution is 0.228. The molecule has 6 nitrogen and oxygen atoms in total. The molecule has 1 aliphatic rings. The molecule has 1 fully saturated rings. The number of aromatic nitrogens is 3. The monoisotopic (exact) mass is 294 g/mol. The van der Waals surface area contributed by atoms with Crippen LogP contribution in [0.25, 0.3) is 11.3 Å². The summed E-state index contributed by atoms with van der Waals surface area (Å²) in [5.74, 6) is 0.830. The summed E-state index contributed by atoms with van der Waals surface area (Å²) in [6.07, 6.45) is 5.20. The zero-order valence-corrected chi connectivity index (χ0v) is 12.6. The van der Waals surface area contributed by atoms with E-state index in [0.717, 1.165) is 55.4 Å². The molecule has 1 N–H and O–H groups in total. The van der Waals surface area contributed by atoms with Crippen molar-refractivity contribution in [3.05, 3.63) is 41.6 Å². The fourth-order valence-corrected chi connectivity index (χ4v) is 2.47. The van der Waals surface area contributed by atoms with Crippen LogP contribution in [0.4, 0.5) is 0 Å². The van der Waals surface area contributed by atoms with E-state index in [0.29, 0.717) is 5.56 Å². The normalized spacial score (nSPS) is 15.5. The molecule has 22 heavy (non-hydrogen) atoms. The van der Waals surface area contributed by atoms with E-state index in [4.69, 9.17) is 5.26 Å². The smallest absolute Gasteiger partial charge is 0.142 e. The van der Waals surface area contributed by atoms with Crippen molar-refractivity contribution < 1.29 is 0 Å². The van der Waals surface area contributed by atoms with Crippen LogP contribution in [0.1, 0.15) is 17.0 Å². The van der Waals surface area contributed by atoms with Gasteiger partial charge >= 0.3 is 0 Å². The summed E-state index contributed by atoms with van der Waals surface area (Å²) in [6.45, 7) is 6.78. The average molecular weight is 294 g/mol. The van der Waals surface area contributed by atoms with E-state index in [2.05, 4.69) is 31.2 Å². The largest absolute Gasteiger partial charge is 0.314 e. The van der Waals surface area contributed by atoms with Crippen molar-refractivity contribution >= 4 is 0 Å². The number of pyridine rings is 1. The van der Waals surface area contributed by atoms with Crippen LogP contribution in [0.5, 0.6) is 0 Å². The molecule has 0 atom stereocenters. The van der Waals surface area contributed by atoms with E-state index in [1.54, 1.807) is 18.6 Å². The average Bonchev–Trinajstić information content (AvgIpc) is 2.56. The maximum absolute atomic E-state index is 8.95. The highest BCUT2D eigenvalue weighted by Crippen LogP contribution is 2.18. The molecule has 0 radical (unpaired) electrons. The molecule has 3 rings (SSSR count). The first-order chi connectivity index (χ1) is 10.8. The number of nitrogens with zero attached hydrogens (tertiary/aromatic N) is 5. The minimum atomic E-state index is 0.597. The summed E-state index contributed by atoms with van der Waals surface area (Å²) in [4.78, 5) is 15.5. The maximum Gasteiger partial charge on any atom is 0.142 e. The lowest BCUT2D eigenvalue weighted by atomic mass is 10.1. The third-order valence-corrected chi connectivity index (χ3v) is 3.81. The standard InChI is InChI=1S/C16H18N6/c1-12-6-15(19-8-13(12)7-17)14-9-20-16(21-10-14)11-22-4-2-18-3-5-22/h6,8-10,18H,2-5,11H2,1H3. The highest BCUT2D eigenvalue weighted by molar-refractivity contribution is 5.58. The number of piperazine rings is 1. The van der Waals surface area contributed by atoms with Gasteiger partial charge in [0, 0.05) is 50.3 Å².